The van der Waals surface area contributed by atoms with Crippen LogP contribution in [0.2, 0.25) is 0 Å². The number of aryl methyl sites for hydroxylation is 2. The molecule has 3 rings (SSSR count). The Morgan fingerprint density at radius 1 is 0.911 bits per heavy atom. The van der Waals surface area contributed by atoms with Crippen molar-refractivity contribution in [1.82, 2.24) is 0 Å². The van der Waals surface area contributed by atoms with Crippen molar-refractivity contribution in [1.29, 1.82) is 0 Å². The van der Waals surface area contributed by atoms with Gasteiger partial charge in [0, 0.05) is 12.0 Å². The quantitative estimate of drug-likeness (QED) is 0.0778. The second-order valence-corrected chi connectivity index (χ2v) is 14.3. The zero-order valence-electron chi connectivity index (χ0n) is 37.2. The summed E-state index contributed by atoms with van der Waals surface area (Å²) in [4.78, 5) is 0. The maximum Gasteiger partial charge on any atom is 0.134 e. The zero-order valence-corrected chi connectivity index (χ0v) is 37.2. The summed E-state index contributed by atoms with van der Waals surface area (Å²) < 4.78 is 17.3. The van der Waals surface area contributed by atoms with Gasteiger partial charge in [-0.15, -0.1) is 32.1 Å². The van der Waals surface area contributed by atoms with Crippen molar-refractivity contribution in [3.63, 3.8) is 0 Å². The van der Waals surface area contributed by atoms with Crippen LogP contribution in [0.5, 0.6) is 0 Å². The predicted octanol–water partition coefficient (Wildman–Crippen LogP) is 17.9. The largest absolute Gasteiger partial charge is 0.333 e. The van der Waals surface area contributed by atoms with E-state index in [4.69, 9.17) is 6.42 Å². The van der Waals surface area contributed by atoms with E-state index in [2.05, 4.69) is 129 Å². The number of hydrogen-bond acceptors (Lipinski definition) is 1. The highest BCUT2D eigenvalue weighted by molar-refractivity contribution is 5.98. The lowest BCUT2D eigenvalue weighted by molar-refractivity contribution is 0.310. The topological polar surface area (TPSA) is 26.0 Å². The van der Waals surface area contributed by atoms with Gasteiger partial charge in [-0.25, -0.2) is 4.39 Å². The number of hydrogen-bond donors (Lipinski definition) is 1. The van der Waals surface area contributed by atoms with Crippen molar-refractivity contribution in [2.75, 3.05) is 7.05 Å². The van der Waals surface area contributed by atoms with Gasteiger partial charge in [0.25, 0.3) is 0 Å². The summed E-state index contributed by atoms with van der Waals surface area (Å²) in [5, 5.41) is 2.26. The smallest absolute Gasteiger partial charge is 0.134 e. The lowest BCUT2D eigenvalue weighted by atomic mass is 9.65. The molecule has 0 spiro atoms. The fourth-order valence-corrected chi connectivity index (χ4v) is 7.74. The third-order valence-electron chi connectivity index (χ3n) is 10.3. The van der Waals surface area contributed by atoms with Gasteiger partial charge in [-0.05, 0) is 128 Å². The number of halogens is 1. The molecule has 0 saturated carbocycles. The van der Waals surface area contributed by atoms with E-state index in [-0.39, 0.29) is 26.1 Å². The van der Waals surface area contributed by atoms with Gasteiger partial charge in [-0.1, -0.05) is 163 Å². The lowest BCUT2D eigenvalue weighted by Crippen LogP contribution is -2.24. The number of nitrogens with two attached hydrogens (primary N) is 1. The molecule has 2 heteroatoms. The summed E-state index contributed by atoms with van der Waals surface area (Å²) in [6, 6.07) is 15.2. The summed E-state index contributed by atoms with van der Waals surface area (Å²) in [6.07, 6.45) is 22.7. The van der Waals surface area contributed by atoms with Crippen LogP contribution >= 0.6 is 0 Å². The zero-order chi connectivity index (χ0) is 41.7. The first-order valence-electron chi connectivity index (χ1n) is 21.2. The molecule has 0 saturated heterocycles. The molecule has 0 aromatic heterocycles. The van der Waals surface area contributed by atoms with Gasteiger partial charge in [0.05, 0.1) is 0 Å². The third-order valence-corrected chi connectivity index (χ3v) is 10.3. The summed E-state index contributed by atoms with van der Waals surface area (Å²) >= 11 is 0. The highest BCUT2D eigenvalue weighted by atomic mass is 19.1. The predicted molar refractivity (Wildman–Crippen MR) is 260 cm³/mol. The van der Waals surface area contributed by atoms with Gasteiger partial charge in [0.1, 0.15) is 5.82 Å². The first kappa shape index (κ1) is 59.3. The second kappa shape index (κ2) is 34.8. The number of fused-ring (bicyclic) bond motifs is 1. The number of allylic oxidation sites excluding steroid dienone is 3. The first-order chi connectivity index (χ1) is 26.1. The molecular formula is C54H90FN. The van der Waals surface area contributed by atoms with Crippen LogP contribution in [0.4, 0.5) is 4.39 Å². The normalized spacial score (nSPS) is 11.9. The van der Waals surface area contributed by atoms with E-state index in [0.717, 1.165) is 95.5 Å². The third kappa shape index (κ3) is 17.8. The molecule has 0 amide bonds. The average molecular weight is 772 g/mol. The summed E-state index contributed by atoms with van der Waals surface area (Å²) in [6.45, 7) is 33.7. The second-order valence-electron chi connectivity index (χ2n) is 14.3. The number of rotatable bonds is 18. The van der Waals surface area contributed by atoms with Crippen LogP contribution in [0.3, 0.4) is 0 Å². The Morgan fingerprint density at radius 2 is 1.50 bits per heavy atom. The molecule has 2 atom stereocenters. The molecule has 0 radical (unpaired) electrons. The van der Waals surface area contributed by atoms with E-state index < -0.39 is 0 Å². The number of terminal acetylenes is 1. The molecular weight excluding hydrogens is 682 g/mol. The van der Waals surface area contributed by atoms with Crippen molar-refractivity contribution >= 4 is 16.3 Å². The Labute approximate surface area is 350 Å². The van der Waals surface area contributed by atoms with E-state index in [9.17, 15) is 0 Å². The standard InChI is InChI=1S/C43H59F.C4H8.C2H6.C2H4.CH5N.2CH4/c1-10-15-18-23-36-30-38(34(9)42(44)40(36)39-29-32(7)28-35-22-19-20-24-37(35)39)41(33(8)27-31(6)21-16-11-2)43(14-5,25-13-4)26-17-12-3;1-3-4-2;3*1-2;;/h1,19-20,22,24,28-31H,11-18,21,23,25-27H2,2-9H3;3H,1,4H2,2H3;1-2H3;1-2H2;2H2,1H3;2*1H4/b41-33+;;;;;;. The van der Waals surface area contributed by atoms with Crippen LogP contribution in [0.1, 0.15) is 183 Å². The maximum absolute atomic E-state index is 17.3. The molecule has 318 valence electrons. The van der Waals surface area contributed by atoms with Crippen molar-refractivity contribution < 1.29 is 4.39 Å². The first-order valence-corrected chi connectivity index (χ1v) is 21.2. The molecule has 0 aliphatic carbocycles. The van der Waals surface area contributed by atoms with Crippen molar-refractivity contribution in [3.8, 4) is 23.5 Å². The van der Waals surface area contributed by atoms with Gasteiger partial charge in [-0.3, -0.25) is 0 Å². The molecule has 2 N–H and O–H groups in total. The van der Waals surface area contributed by atoms with Crippen LogP contribution in [0, 0.1) is 43.3 Å². The van der Waals surface area contributed by atoms with E-state index in [1.54, 1.807) is 0 Å². The van der Waals surface area contributed by atoms with E-state index in [0.29, 0.717) is 12.3 Å². The molecule has 0 aliphatic rings. The Bertz CT molecular complexity index is 1540. The number of benzene rings is 3. The molecule has 1 nitrogen and oxygen atoms in total. The van der Waals surface area contributed by atoms with Gasteiger partial charge in [-0.2, -0.15) is 0 Å². The highest BCUT2D eigenvalue weighted by Crippen LogP contribution is 2.51. The molecule has 3 aromatic carbocycles. The van der Waals surface area contributed by atoms with E-state index >= 15 is 4.39 Å². The fourth-order valence-electron chi connectivity index (χ4n) is 7.74. The fraction of sp³-hybridized carbons (Fsp3) is 0.556. The van der Waals surface area contributed by atoms with Crippen molar-refractivity contribution in [2.24, 2.45) is 17.1 Å². The van der Waals surface area contributed by atoms with Crippen LogP contribution in [0.15, 0.2) is 73.9 Å². The Balaban J connectivity index is -0.00000103. The Hall–Kier alpha value is -3.41. The molecule has 2 unspecified atom stereocenters. The summed E-state index contributed by atoms with van der Waals surface area (Å²) in [5.41, 5.74) is 13.4. The monoisotopic (exact) mass is 772 g/mol. The van der Waals surface area contributed by atoms with Crippen LogP contribution in [-0.2, 0) is 6.42 Å². The number of unbranched alkanes of at least 4 members (excludes halogenated alkanes) is 3. The molecule has 0 fully saturated rings. The van der Waals surface area contributed by atoms with E-state index in [1.165, 1.54) is 50.3 Å². The van der Waals surface area contributed by atoms with Crippen molar-refractivity contribution in [3.05, 3.63) is 102 Å². The van der Waals surface area contributed by atoms with E-state index in [1.807, 2.05) is 26.8 Å². The lowest BCUT2D eigenvalue weighted by Gasteiger charge is -2.39. The Morgan fingerprint density at radius 3 is 2.02 bits per heavy atom. The van der Waals surface area contributed by atoms with Gasteiger partial charge < -0.3 is 5.73 Å². The molecule has 0 heterocycles. The Kier molecular flexibility index (Phi) is 36.8. The van der Waals surface area contributed by atoms with Crippen LogP contribution in [0.25, 0.3) is 27.5 Å². The van der Waals surface area contributed by atoms with Gasteiger partial charge >= 0.3 is 0 Å². The van der Waals surface area contributed by atoms with Gasteiger partial charge in [0.15, 0.2) is 0 Å². The van der Waals surface area contributed by atoms with Crippen LogP contribution < -0.4 is 5.73 Å². The molecule has 0 aliphatic heterocycles. The average Bonchev–Trinajstić information content (AvgIpc) is 3.20. The summed E-state index contributed by atoms with van der Waals surface area (Å²) in [5.74, 6) is 3.38. The van der Waals surface area contributed by atoms with Crippen molar-refractivity contribution in [2.45, 2.75) is 181 Å². The van der Waals surface area contributed by atoms with Crippen LogP contribution in [-0.4, -0.2) is 7.05 Å². The minimum absolute atomic E-state index is 0. The minimum Gasteiger partial charge on any atom is -0.333 e. The molecule has 0 bridgehead atoms. The van der Waals surface area contributed by atoms with Gasteiger partial charge in [0.2, 0.25) is 0 Å². The maximum atomic E-state index is 17.3. The SMILES string of the molecule is C.C.C#CCCCc1cc(/C(=C(/C)CC(C)CCCC)C(CC)(CCC)CCCC)c(C)c(F)c1-c1cc(C)cc2ccccc12.C=C.C=CCC.CC.CN. The summed E-state index contributed by atoms with van der Waals surface area (Å²) in [7, 11) is 1.50. The molecule has 56 heavy (non-hydrogen) atoms. The minimum atomic E-state index is -0.0599. The molecule has 3 aromatic rings. The highest BCUT2D eigenvalue weighted by Gasteiger charge is 2.35.